The third kappa shape index (κ3) is 3.50. The van der Waals surface area contributed by atoms with Gasteiger partial charge in [0.2, 0.25) is 5.88 Å². The average molecular weight is 340 g/mol. The van der Waals surface area contributed by atoms with Crippen molar-refractivity contribution in [1.29, 1.82) is 0 Å². The number of hydrogen-bond donors (Lipinski definition) is 0. The van der Waals surface area contributed by atoms with E-state index < -0.39 is 5.79 Å². The van der Waals surface area contributed by atoms with Crippen molar-refractivity contribution in [3.8, 4) is 11.6 Å². The molecule has 6 nitrogen and oxygen atoms in total. The normalized spacial score (nSPS) is 19.1. The van der Waals surface area contributed by atoms with E-state index in [1.165, 1.54) is 0 Å². The Balaban J connectivity index is 1.43. The smallest absolute Gasteiger partial charge is 0.253 e. The Bertz CT molecular complexity index is 734. The van der Waals surface area contributed by atoms with E-state index in [2.05, 4.69) is 4.98 Å². The van der Waals surface area contributed by atoms with E-state index in [0.717, 1.165) is 0 Å². The molecular weight excluding hydrogens is 320 g/mol. The number of piperidine rings is 1. The summed E-state index contributed by atoms with van der Waals surface area (Å²) in [6, 6.07) is 12.7. The number of amides is 1. The minimum atomic E-state index is -0.472. The zero-order chi connectivity index (χ0) is 17.1. The molecule has 2 fully saturated rings. The lowest BCUT2D eigenvalue weighted by Gasteiger charge is -2.37. The van der Waals surface area contributed by atoms with Crippen LogP contribution in [-0.4, -0.2) is 47.9 Å². The Kier molecular flexibility index (Phi) is 4.38. The Hall–Kier alpha value is -2.44. The van der Waals surface area contributed by atoms with E-state index in [1.807, 2.05) is 29.2 Å². The number of pyridine rings is 1. The Morgan fingerprint density at radius 3 is 2.60 bits per heavy atom. The van der Waals surface area contributed by atoms with Gasteiger partial charge in [-0.3, -0.25) is 4.79 Å². The number of carbonyl (C=O) groups excluding carboxylic acids is 1. The van der Waals surface area contributed by atoms with Gasteiger partial charge in [0.25, 0.3) is 5.91 Å². The van der Waals surface area contributed by atoms with Crippen LogP contribution in [-0.2, 0) is 9.47 Å². The van der Waals surface area contributed by atoms with Crippen molar-refractivity contribution in [2.45, 2.75) is 18.6 Å². The summed E-state index contributed by atoms with van der Waals surface area (Å²) in [6.07, 6.45) is 3.09. The molecule has 0 radical (unpaired) electrons. The number of benzene rings is 1. The quantitative estimate of drug-likeness (QED) is 0.860. The molecule has 2 aliphatic heterocycles. The van der Waals surface area contributed by atoms with Crippen LogP contribution in [0, 0.1) is 0 Å². The van der Waals surface area contributed by atoms with Crippen molar-refractivity contribution in [3.05, 3.63) is 54.2 Å². The first-order valence-corrected chi connectivity index (χ1v) is 8.50. The fraction of sp³-hybridized carbons (Fsp3) is 0.368. The summed E-state index contributed by atoms with van der Waals surface area (Å²) in [6.45, 7) is 2.54. The van der Waals surface area contributed by atoms with E-state index in [-0.39, 0.29) is 5.91 Å². The fourth-order valence-electron chi connectivity index (χ4n) is 3.24. The minimum absolute atomic E-state index is 0.000632. The first-order valence-electron chi connectivity index (χ1n) is 8.50. The molecule has 0 atom stereocenters. The van der Waals surface area contributed by atoms with Crippen LogP contribution in [0.25, 0.3) is 0 Å². The molecule has 3 heterocycles. The van der Waals surface area contributed by atoms with Gasteiger partial charge in [-0.1, -0.05) is 12.1 Å². The van der Waals surface area contributed by atoms with Crippen LogP contribution in [0.15, 0.2) is 48.7 Å². The Labute approximate surface area is 146 Å². The van der Waals surface area contributed by atoms with E-state index in [9.17, 15) is 4.79 Å². The summed E-state index contributed by atoms with van der Waals surface area (Å²) in [5.41, 5.74) is 0.609. The first-order chi connectivity index (χ1) is 12.2. The van der Waals surface area contributed by atoms with E-state index in [0.29, 0.717) is 56.3 Å². The second kappa shape index (κ2) is 6.82. The average Bonchev–Trinajstić information content (AvgIpc) is 3.11. The van der Waals surface area contributed by atoms with Crippen molar-refractivity contribution >= 4 is 5.91 Å². The molecule has 130 valence electrons. The Morgan fingerprint density at radius 2 is 1.88 bits per heavy atom. The van der Waals surface area contributed by atoms with Crippen LogP contribution in [0.3, 0.4) is 0 Å². The highest BCUT2D eigenvalue weighted by Crippen LogP contribution is 2.32. The summed E-state index contributed by atoms with van der Waals surface area (Å²) in [7, 11) is 0. The standard InChI is InChI=1S/C19H20N2O4/c22-18(21-10-7-19(8-11-21)23-12-13-24-19)15-4-3-5-16(14-15)25-17-6-1-2-9-20-17/h1-6,9,14H,7-8,10-13H2. The molecule has 25 heavy (non-hydrogen) atoms. The monoisotopic (exact) mass is 340 g/mol. The molecule has 4 rings (SSSR count). The number of ether oxygens (including phenoxy) is 3. The topological polar surface area (TPSA) is 60.9 Å². The summed E-state index contributed by atoms with van der Waals surface area (Å²) >= 11 is 0. The van der Waals surface area contributed by atoms with Crippen LogP contribution in [0.4, 0.5) is 0 Å². The van der Waals surface area contributed by atoms with Crippen molar-refractivity contribution in [1.82, 2.24) is 9.88 Å². The van der Waals surface area contributed by atoms with Crippen LogP contribution in [0.2, 0.25) is 0 Å². The predicted molar refractivity (Wildman–Crippen MR) is 90.5 cm³/mol. The Morgan fingerprint density at radius 1 is 1.08 bits per heavy atom. The van der Waals surface area contributed by atoms with Crippen LogP contribution in [0.5, 0.6) is 11.6 Å². The van der Waals surface area contributed by atoms with Crippen LogP contribution in [0.1, 0.15) is 23.2 Å². The lowest BCUT2D eigenvalue weighted by molar-refractivity contribution is -0.181. The molecule has 1 amide bonds. The maximum atomic E-state index is 12.8. The number of hydrogen-bond acceptors (Lipinski definition) is 5. The molecular formula is C19H20N2O4. The molecule has 1 aromatic heterocycles. The number of aromatic nitrogens is 1. The highest BCUT2D eigenvalue weighted by atomic mass is 16.7. The highest BCUT2D eigenvalue weighted by Gasteiger charge is 2.40. The molecule has 0 unspecified atom stereocenters. The van der Waals surface area contributed by atoms with E-state index in [1.54, 1.807) is 24.4 Å². The second-order valence-corrected chi connectivity index (χ2v) is 6.20. The first kappa shape index (κ1) is 16.1. The summed E-state index contributed by atoms with van der Waals surface area (Å²) in [5.74, 6) is 0.628. The molecule has 1 aromatic carbocycles. The fourth-order valence-corrected chi connectivity index (χ4v) is 3.24. The molecule has 2 aliphatic rings. The van der Waals surface area contributed by atoms with Gasteiger partial charge < -0.3 is 19.1 Å². The molecule has 0 saturated carbocycles. The van der Waals surface area contributed by atoms with Gasteiger partial charge in [0, 0.05) is 43.8 Å². The van der Waals surface area contributed by atoms with Gasteiger partial charge in [0.05, 0.1) is 13.2 Å². The zero-order valence-corrected chi connectivity index (χ0v) is 13.9. The third-order valence-electron chi connectivity index (χ3n) is 4.57. The van der Waals surface area contributed by atoms with Gasteiger partial charge in [-0.05, 0) is 24.3 Å². The number of nitrogens with zero attached hydrogens (tertiary/aromatic N) is 2. The van der Waals surface area contributed by atoms with Crippen LogP contribution < -0.4 is 4.74 Å². The van der Waals surface area contributed by atoms with Crippen molar-refractivity contribution in [2.24, 2.45) is 0 Å². The number of carbonyl (C=O) groups is 1. The minimum Gasteiger partial charge on any atom is -0.439 e. The highest BCUT2D eigenvalue weighted by molar-refractivity contribution is 5.94. The maximum Gasteiger partial charge on any atom is 0.253 e. The van der Waals surface area contributed by atoms with Crippen molar-refractivity contribution in [3.63, 3.8) is 0 Å². The molecule has 2 saturated heterocycles. The molecule has 1 spiro atoms. The molecule has 0 aliphatic carbocycles. The zero-order valence-electron chi connectivity index (χ0n) is 13.9. The third-order valence-corrected chi connectivity index (χ3v) is 4.57. The lowest BCUT2D eigenvalue weighted by atomic mass is 10.0. The van der Waals surface area contributed by atoms with Gasteiger partial charge in [-0.15, -0.1) is 0 Å². The van der Waals surface area contributed by atoms with E-state index >= 15 is 0 Å². The summed E-state index contributed by atoms with van der Waals surface area (Å²) in [5, 5.41) is 0. The SMILES string of the molecule is O=C(c1cccc(Oc2ccccn2)c1)N1CCC2(CC1)OCCO2. The van der Waals surface area contributed by atoms with Gasteiger partial charge in [0.15, 0.2) is 5.79 Å². The lowest BCUT2D eigenvalue weighted by Crippen LogP contribution is -2.47. The second-order valence-electron chi connectivity index (χ2n) is 6.20. The maximum absolute atomic E-state index is 12.8. The van der Waals surface area contributed by atoms with E-state index in [4.69, 9.17) is 14.2 Å². The van der Waals surface area contributed by atoms with Gasteiger partial charge >= 0.3 is 0 Å². The molecule has 0 N–H and O–H groups in total. The summed E-state index contributed by atoms with van der Waals surface area (Å²) < 4.78 is 17.1. The van der Waals surface area contributed by atoms with Gasteiger partial charge in [0.1, 0.15) is 5.75 Å². The largest absolute Gasteiger partial charge is 0.439 e. The summed E-state index contributed by atoms with van der Waals surface area (Å²) in [4.78, 5) is 18.8. The van der Waals surface area contributed by atoms with Crippen molar-refractivity contribution in [2.75, 3.05) is 26.3 Å². The van der Waals surface area contributed by atoms with Crippen molar-refractivity contribution < 1.29 is 19.0 Å². The van der Waals surface area contributed by atoms with Crippen LogP contribution >= 0.6 is 0 Å². The number of likely N-dealkylation sites (tertiary alicyclic amines) is 1. The predicted octanol–water partition coefficient (Wildman–Crippen LogP) is 2.85. The van der Waals surface area contributed by atoms with Gasteiger partial charge in [-0.2, -0.15) is 0 Å². The van der Waals surface area contributed by atoms with Gasteiger partial charge in [-0.25, -0.2) is 4.98 Å². The number of rotatable bonds is 3. The molecule has 6 heteroatoms. The molecule has 2 aromatic rings. The molecule has 0 bridgehead atoms.